The molecule has 22 heavy (non-hydrogen) atoms. The first-order valence-electron chi connectivity index (χ1n) is 6.16. The van der Waals surface area contributed by atoms with Gasteiger partial charge >= 0.3 is 0 Å². The lowest BCUT2D eigenvalue weighted by molar-refractivity contribution is 0.171. The van der Waals surface area contributed by atoms with Crippen molar-refractivity contribution in [2.75, 3.05) is 25.6 Å². The van der Waals surface area contributed by atoms with Crippen molar-refractivity contribution in [3.05, 3.63) is 23.9 Å². The van der Waals surface area contributed by atoms with Gasteiger partial charge in [0.1, 0.15) is 35.8 Å². The smallest absolute Gasteiger partial charge is 0.242 e. The normalized spacial score (nSPS) is 12.7. The molecule has 8 nitrogen and oxygen atoms in total. The summed E-state index contributed by atoms with van der Waals surface area (Å²) in [6.07, 6.45) is 1.13. The second-order valence-electron chi connectivity index (χ2n) is 4.13. The maximum absolute atomic E-state index is 12.1. The van der Waals surface area contributed by atoms with Gasteiger partial charge in [-0.3, -0.25) is 0 Å². The number of anilines is 1. The lowest BCUT2D eigenvalue weighted by Gasteiger charge is -2.21. The summed E-state index contributed by atoms with van der Waals surface area (Å²) in [4.78, 5) is -0.0780. The minimum absolute atomic E-state index is 0.0780. The molecule has 0 aliphatic carbocycles. The summed E-state index contributed by atoms with van der Waals surface area (Å²) in [5.41, 5.74) is -0.0238. The Morgan fingerprint density at radius 1 is 1.23 bits per heavy atom. The van der Waals surface area contributed by atoms with Gasteiger partial charge in [0, 0.05) is 18.3 Å². The largest absolute Gasteiger partial charge is 0.486 e. The Kier molecular flexibility index (Phi) is 4.51. The number of hydrogen-bond donors (Lipinski definition) is 2. The number of hydrogen-bond acceptors (Lipinski definition) is 7. The zero-order chi connectivity index (χ0) is 16.2. The van der Waals surface area contributed by atoms with E-state index in [4.69, 9.17) is 20.0 Å². The average Bonchev–Trinajstić information content (AvgIpc) is 2.55. The molecule has 2 rings (SSSR count). The van der Waals surface area contributed by atoms with Crippen LogP contribution >= 0.6 is 0 Å². The minimum atomic E-state index is -3.77. The van der Waals surface area contributed by atoms with Gasteiger partial charge in [0.2, 0.25) is 10.0 Å². The highest BCUT2D eigenvalue weighted by molar-refractivity contribution is 7.89. The van der Waals surface area contributed by atoms with Crippen LogP contribution in [0.5, 0.6) is 11.5 Å². The first-order chi connectivity index (χ1) is 10.5. The van der Waals surface area contributed by atoms with Gasteiger partial charge in [0.25, 0.3) is 0 Å². The van der Waals surface area contributed by atoms with Crippen molar-refractivity contribution in [3.8, 4) is 23.6 Å². The van der Waals surface area contributed by atoms with E-state index in [0.29, 0.717) is 24.7 Å². The number of fused-ring (bicyclic) bond motifs is 1. The number of nitrogens with one attached hydrogen (secondary N) is 2. The van der Waals surface area contributed by atoms with Crippen LogP contribution in [0.4, 0.5) is 5.69 Å². The number of sulfonamides is 1. The summed E-state index contributed by atoms with van der Waals surface area (Å²) < 4.78 is 37.1. The first kappa shape index (κ1) is 15.6. The maximum atomic E-state index is 12.1. The van der Waals surface area contributed by atoms with E-state index in [-0.39, 0.29) is 16.2 Å². The van der Waals surface area contributed by atoms with Gasteiger partial charge in [0.15, 0.2) is 11.5 Å². The summed E-state index contributed by atoms with van der Waals surface area (Å²) in [5, 5.41) is 20.1. The molecule has 0 fully saturated rings. The Hall–Kier alpha value is -2.75. The zero-order valence-electron chi connectivity index (χ0n) is 11.6. The van der Waals surface area contributed by atoms with Crippen LogP contribution in [0, 0.1) is 22.7 Å². The molecule has 114 valence electrons. The second kappa shape index (κ2) is 6.35. The second-order valence-corrected chi connectivity index (χ2v) is 5.98. The Morgan fingerprint density at radius 2 is 1.82 bits per heavy atom. The molecule has 0 bridgehead atoms. The molecular formula is C13H12N4O4S. The zero-order valence-corrected chi connectivity index (χ0v) is 12.4. The third-order valence-corrected chi connectivity index (χ3v) is 4.27. The highest BCUT2D eigenvalue weighted by atomic mass is 32.2. The molecule has 1 aromatic rings. The van der Waals surface area contributed by atoms with Crippen LogP contribution in [0.3, 0.4) is 0 Å². The van der Waals surface area contributed by atoms with Crippen molar-refractivity contribution >= 4 is 15.7 Å². The molecule has 0 aromatic heterocycles. The minimum Gasteiger partial charge on any atom is -0.486 e. The van der Waals surface area contributed by atoms with Gasteiger partial charge in [-0.05, 0) is 7.05 Å². The van der Waals surface area contributed by atoms with Crippen LogP contribution in [0.1, 0.15) is 0 Å². The van der Waals surface area contributed by atoms with Gasteiger partial charge in [-0.2, -0.15) is 10.5 Å². The average molecular weight is 320 g/mol. The summed E-state index contributed by atoms with van der Waals surface area (Å²) in [6, 6.07) is 6.12. The fourth-order valence-corrected chi connectivity index (χ4v) is 2.64. The molecule has 0 spiro atoms. The van der Waals surface area contributed by atoms with Gasteiger partial charge in [0.05, 0.1) is 5.69 Å². The third kappa shape index (κ3) is 3.11. The van der Waals surface area contributed by atoms with Crippen molar-refractivity contribution in [3.63, 3.8) is 0 Å². The number of benzene rings is 1. The fraction of sp³-hybridized carbons (Fsp3) is 0.231. The Balaban J connectivity index is 2.53. The Morgan fingerprint density at radius 3 is 2.36 bits per heavy atom. The number of rotatable bonds is 4. The molecule has 0 saturated heterocycles. The van der Waals surface area contributed by atoms with Gasteiger partial charge in [-0.25, -0.2) is 13.1 Å². The van der Waals surface area contributed by atoms with E-state index in [0.717, 1.165) is 6.20 Å². The van der Waals surface area contributed by atoms with Crippen LogP contribution < -0.4 is 19.5 Å². The van der Waals surface area contributed by atoms with Gasteiger partial charge < -0.3 is 14.8 Å². The molecule has 1 aromatic carbocycles. The van der Waals surface area contributed by atoms with Crippen LogP contribution in [0.25, 0.3) is 0 Å². The summed E-state index contributed by atoms with van der Waals surface area (Å²) >= 11 is 0. The van der Waals surface area contributed by atoms with Gasteiger partial charge in [-0.1, -0.05) is 0 Å². The fourth-order valence-electron chi connectivity index (χ4n) is 1.75. The summed E-state index contributed by atoms with van der Waals surface area (Å²) in [6.45, 7) is 0.674. The molecule has 0 saturated carbocycles. The van der Waals surface area contributed by atoms with Crippen molar-refractivity contribution in [2.24, 2.45) is 0 Å². The Labute approximate surface area is 127 Å². The van der Waals surface area contributed by atoms with Crippen molar-refractivity contribution in [1.82, 2.24) is 4.72 Å². The van der Waals surface area contributed by atoms with E-state index in [9.17, 15) is 8.42 Å². The molecule has 2 N–H and O–H groups in total. The molecule has 1 aliphatic rings. The van der Waals surface area contributed by atoms with Crippen molar-refractivity contribution in [2.45, 2.75) is 4.90 Å². The maximum Gasteiger partial charge on any atom is 0.242 e. The quantitative estimate of drug-likeness (QED) is 0.783. The summed E-state index contributed by atoms with van der Waals surface area (Å²) in [5.74, 6) is 0.697. The SMILES string of the molecule is CNS(=O)(=O)c1cc2c(cc1NC=C(C#N)C#N)OCCO2. The van der Waals surface area contributed by atoms with Crippen molar-refractivity contribution in [1.29, 1.82) is 10.5 Å². The summed E-state index contributed by atoms with van der Waals surface area (Å²) in [7, 11) is -2.49. The Bertz CT molecular complexity index is 787. The standard InChI is InChI=1S/C13H12N4O4S/c1-16-22(18,19)13-5-12-11(20-2-3-21-12)4-10(13)17-8-9(6-14)7-15/h4-5,8,16-17H,2-3H2,1H3. The van der Waals surface area contributed by atoms with E-state index in [1.807, 2.05) is 0 Å². The van der Waals surface area contributed by atoms with E-state index >= 15 is 0 Å². The lowest BCUT2D eigenvalue weighted by atomic mass is 10.2. The predicted molar refractivity (Wildman–Crippen MR) is 76.6 cm³/mol. The molecule has 0 unspecified atom stereocenters. The predicted octanol–water partition coefficient (Wildman–Crippen LogP) is 0.709. The number of nitrogens with zero attached hydrogens (tertiary/aromatic N) is 2. The topological polar surface area (TPSA) is 124 Å². The van der Waals surface area contributed by atoms with Gasteiger partial charge in [-0.15, -0.1) is 0 Å². The number of allylic oxidation sites excluding steroid dienone is 1. The number of nitriles is 2. The monoisotopic (exact) mass is 320 g/mol. The highest BCUT2D eigenvalue weighted by Gasteiger charge is 2.22. The molecule has 1 aliphatic heterocycles. The van der Waals surface area contributed by atoms with E-state index in [1.165, 1.54) is 19.2 Å². The lowest BCUT2D eigenvalue weighted by Crippen LogP contribution is -2.21. The van der Waals surface area contributed by atoms with E-state index in [1.54, 1.807) is 12.1 Å². The van der Waals surface area contributed by atoms with E-state index < -0.39 is 10.0 Å². The molecule has 0 radical (unpaired) electrons. The molecular weight excluding hydrogens is 308 g/mol. The third-order valence-electron chi connectivity index (χ3n) is 2.82. The van der Waals surface area contributed by atoms with Crippen LogP contribution in [0.15, 0.2) is 28.8 Å². The van der Waals surface area contributed by atoms with Crippen LogP contribution in [-0.2, 0) is 10.0 Å². The number of ether oxygens (including phenoxy) is 2. The highest BCUT2D eigenvalue weighted by Crippen LogP contribution is 2.37. The molecule has 0 amide bonds. The molecule has 9 heteroatoms. The molecule has 0 atom stereocenters. The first-order valence-corrected chi connectivity index (χ1v) is 7.64. The van der Waals surface area contributed by atoms with Crippen LogP contribution in [-0.4, -0.2) is 28.7 Å². The van der Waals surface area contributed by atoms with Crippen LogP contribution in [0.2, 0.25) is 0 Å². The molecule has 1 heterocycles. The van der Waals surface area contributed by atoms with Crippen molar-refractivity contribution < 1.29 is 17.9 Å². The van der Waals surface area contributed by atoms with E-state index in [2.05, 4.69) is 10.0 Å².